The number of hydrogen-bond donors (Lipinski definition) is 0. The quantitative estimate of drug-likeness (QED) is 0.423. The van der Waals surface area contributed by atoms with Crippen LogP contribution in [0.15, 0.2) is 48.7 Å². The number of benzene rings is 2. The summed E-state index contributed by atoms with van der Waals surface area (Å²) in [6.07, 6.45) is 9.18. The van der Waals surface area contributed by atoms with E-state index in [0.29, 0.717) is 0 Å². The molecule has 4 rings (SSSR count). The first-order valence-electron chi connectivity index (χ1n) is 11.1. The van der Waals surface area contributed by atoms with Crippen molar-refractivity contribution >= 4 is 0 Å². The van der Waals surface area contributed by atoms with Crippen LogP contribution in [0.2, 0.25) is 0 Å². The van der Waals surface area contributed by atoms with Crippen molar-refractivity contribution in [3.05, 3.63) is 76.5 Å². The summed E-state index contributed by atoms with van der Waals surface area (Å²) in [6, 6.07) is 16.0. The van der Waals surface area contributed by atoms with Crippen molar-refractivity contribution in [1.82, 2.24) is 0 Å². The summed E-state index contributed by atoms with van der Waals surface area (Å²) in [7, 11) is 2.19. The molecule has 1 nitrogen and oxygen atoms in total. The van der Waals surface area contributed by atoms with Gasteiger partial charge in [-0.2, -0.15) is 0 Å². The molecule has 0 aliphatic heterocycles. The molecule has 1 saturated carbocycles. The summed E-state index contributed by atoms with van der Waals surface area (Å²) in [5.41, 5.74) is 12.4. The molecule has 2 aromatic carbocycles. The second kappa shape index (κ2) is 8.14. The van der Waals surface area contributed by atoms with Crippen molar-refractivity contribution in [3.63, 3.8) is 0 Å². The maximum absolute atomic E-state index is 2.49. The fourth-order valence-corrected chi connectivity index (χ4v) is 5.21. The van der Waals surface area contributed by atoms with Gasteiger partial charge in [0.05, 0.1) is 0 Å². The summed E-state index contributed by atoms with van der Waals surface area (Å²) in [4.78, 5) is 0. The standard InChI is InChI=1S/C28H34N/c1-19-11-9-10-14-24(19)26-16-27(21(3)15-20(26)2)28-17-25(22(4)18-29(28)5)23-12-7-6-8-13-23/h9-11,14-18,23H,6-8,12-13H2,1-5H3/q+1. The Labute approximate surface area is 176 Å². The Bertz CT molecular complexity index is 1040. The molecule has 0 bridgehead atoms. The Morgan fingerprint density at radius 3 is 2.10 bits per heavy atom. The minimum absolute atomic E-state index is 0.727. The lowest BCUT2D eigenvalue weighted by Crippen LogP contribution is -2.32. The monoisotopic (exact) mass is 384 g/mol. The van der Waals surface area contributed by atoms with E-state index in [4.69, 9.17) is 0 Å². The summed E-state index contributed by atoms with van der Waals surface area (Å²) < 4.78 is 2.32. The number of pyridine rings is 1. The lowest BCUT2D eigenvalue weighted by Gasteiger charge is -2.23. The van der Waals surface area contributed by atoms with Gasteiger partial charge in [0.15, 0.2) is 6.20 Å². The average Bonchev–Trinajstić information content (AvgIpc) is 2.70. The van der Waals surface area contributed by atoms with E-state index in [2.05, 4.69) is 88.0 Å². The molecule has 1 heterocycles. The molecule has 1 aliphatic carbocycles. The Hall–Kier alpha value is -2.41. The molecule has 1 heteroatoms. The van der Waals surface area contributed by atoms with Crippen LogP contribution >= 0.6 is 0 Å². The van der Waals surface area contributed by atoms with E-state index in [9.17, 15) is 0 Å². The molecule has 1 aromatic heterocycles. The maximum Gasteiger partial charge on any atom is 0.212 e. The van der Waals surface area contributed by atoms with Gasteiger partial charge in [0.25, 0.3) is 0 Å². The van der Waals surface area contributed by atoms with Crippen LogP contribution in [0.4, 0.5) is 0 Å². The first-order chi connectivity index (χ1) is 14.0. The predicted molar refractivity (Wildman–Crippen MR) is 123 cm³/mol. The molecule has 1 aliphatic rings. The van der Waals surface area contributed by atoms with Crippen LogP contribution < -0.4 is 4.57 Å². The third-order valence-corrected chi connectivity index (χ3v) is 6.84. The highest BCUT2D eigenvalue weighted by atomic mass is 14.9. The highest BCUT2D eigenvalue weighted by molar-refractivity contribution is 5.77. The molecule has 29 heavy (non-hydrogen) atoms. The molecule has 0 N–H and O–H groups in total. The van der Waals surface area contributed by atoms with Gasteiger partial charge in [-0.1, -0.05) is 49.6 Å². The Balaban J connectivity index is 1.86. The van der Waals surface area contributed by atoms with Gasteiger partial charge in [-0.15, -0.1) is 0 Å². The van der Waals surface area contributed by atoms with Crippen LogP contribution in [-0.4, -0.2) is 0 Å². The van der Waals surface area contributed by atoms with Gasteiger partial charge in [-0.05, 0) is 85.9 Å². The predicted octanol–water partition coefficient (Wildman–Crippen LogP) is 7.13. The number of aryl methyl sites for hydroxylation is 5. The zero-order valence-corrected chi connectivity index (χ0v) is 18.7. The smallest absolute Gasteiger partial charge is 0.201 e. The van der Waals surface area contributed by atoms with E-state index < -0.39 is 0 Å². The first-order valence-corrected chi connectivity index (χ1v) is 11.1. The van der Waals surface area contributed by atoms with Crippen LogP contribution in [0.3, 0.4) is 0 Å². The van der Waals surface area contributed by atoms with Gasteiger partial charge in [0.2, 0.25) is 5.69 Å². The summed E-state index contributed by atoms with van der Waals surface area (Å²) in [6.45, 7) is 8.99. The molecule has 0 amide bonds. The Morgan fingerprint density at radius 1 is 0.690 bits per heavy atom. The second-order valence-electron chi connectivity index (χ2n) is 9.04. The number of hydrogen-bond acceptors (Lipinski definition) is 0. The number of rotatable bonds is 3. The molecule has 0 spiro atoms. The van der Waals surface area contributed by atoms with Gasteiger partial charge >= 0.3 is 0 Å². The fraction of sp³-hybridized carbons (Fsp3) is 0.393. The van der Waals surface area contributed by atoms with Gasteiger partial charge in [-0.3, -0.25) is 0 Å². The normalized spacial score (nSPS) is 14.9. The largest absolute Gasteiger partial charge is 0.212 e. The average molecular weight is 385 g/mol. The fourth-order valence-electron chi connectivity index (χ4n) is 5.21. The molecule has 0 radical (unpaired) electrons. The van der Waals surface area contributed by atoms with Gasteiger partial charge in [0.1, 0.15) is 7.05 Å². The molecule has 150 valence electrons. The van der Waals surface area contributed by atoms with Crippen LogP contribution in [0.5, 0.6) is 0 Å². The van der Waals surface area contributed by atoms with Crippen LogP contribution in [0.25, 0.3) is 22.4 Å². The third kappa shape index (κ3) is 3.88. The Kier molecular flexibility index (Phi) is 5.58. The van der Waals surface area contributed by atoms with E-state index in [1.54, 1.807) is 5.56 Å². The lowest BCUT2D eigenvalue weighted by atomic mass is 9.82. The van der Waals surface area contributed by atoms with Gasteiger partial charge in [-0.25, -0.2) is 4.57 Å². The zero-order chi connectivity index (χ0) is 20.5. The molecule has 1 fully saturated rings. The van der Waals surface area contributed by atoms with Crippen molar-refractivity contribution < 1.29 is 4.57 Å². The topological polar surface area (TPSA) is 3.88 Å². The zero-order valence-electron chi connectivity index (χ0n) is 18.7. The van der Waals surface area contributed by atoms with Crippen molar-refractivity contribution in [2.45, 2.75) is 65.7 Å². The highest BCUT2D eigenvalue weighted by Gasteiger charge is 2.23. The SMILES string of the molecule is Cc1ccccc1-c1cc(-c2cc(C3CCCCC3)c(C)c[n+]2C)c(C)cc1C. The van der Waals surface area contributed by atoms with Gasteiger partial charge < -0.3 is 0 Å². The Morgan fingerprint density at radius 2 is 1.38 bits per heavy atom. The first kappa shape index (κ1) is 19.9. The van der Waals surface area contributed by atoms with Crippen LogP contribution in [-0.2, 0) is 7.05 Å². The van der Waals surface area contributed by atoms with Gasteiger partial charge in [0, 0.05) is 17.2 Å². The molecule has 0 unspecified atom stereocenters. The summed E-state index contributed by atoms with van der Waals surface area (Å²) >= 11 is 0. The second-order valence-corrected chi connectivity index (χ2v) is 9.04. The number of nitrogens with zero attached hydrogens (tertiary/aromatic N) is 1. The number of aromatic nitrogens is 1. The van der Waals surface area contributed by atoms with Crippen LogP contribution in [0.1, 0.15) is 65.8 Å². The van der Waals surface area contributed by atoms with Crippen molar-refractivity contribution in [3.8, 4) is 22.4 Å². The van der Waals surface area contributed by atoms with E-state index >= 15 is 0 Å². The maximum atomic E-state index is 2.49. The van der Waals surface area contributed by atoms with E-state index in [-0.39, 0.29) is 0 Å². The van der Waals surface area contributed by atoms with Crippen LogP contribution in [0, 0.1) is 27.7 Å². The highest BCUT2D eigenvalue weighted by Crippen LogP contribution is 2.37. The van der Waals surface area contributed by atoms with E-state index in [0.717, 1.165) is 5.92 Å². The van der Waals surface area contributed by atoms with Crippen molar-refractivity contribution in [2.24, 2.45) is 7.05 Å². The molecule has 3 aromatic rings. The minimum Gasteiger partial charge on any atom is -0.201 e. The summed E-state index contributed by atoms with van der Waals surface area (Å²) in [5, 5.41) is 0. The molecular formula is C28H34N+. The molecule has 0 atom stereocenters. The van der Waals surface area contributed by atoms with Crippen molar-refractivity contribution in [1.29, 1.82) is 0 Å². The molecular weight excluding hydrogens is 350 g/mol. The van der Waals surface area contributed by atoms with E-state index in [1.807, 2.05) is 0 Å². The minimum atomic E-state index is 0.727. The van der Waals surface area contributed by atoms with Crippen molar-refractivity contribution in [2.75, 3.05) is 0 Å². The third-order valence-electron chi connectivity index (χ3n) is 6.84. The van der Waals surface area contributed by atoms with E-state index in [1.165, 1.54) is 76.7 Å². The summed E-state index contributed by atoms with van der Waals surface area (Å²) in [5.74, 6) is 0.727. The molecule has 0 saturated heterocycles. The lowest BCUT2D eigenvalue weighted by molar-refractivity contribution is -0.660.